The second-order valence-corrected chi connectivity index (χ2v) is 17.8. The number of carbonyl (C=O) groups is 1. The van der Waals surface area contributed by atoms with Crippen molar-refractivity contribution in [2.24, 2.45) is 5.41 Å². The van der Waals surface area contributed by atoms with E-state index in [-0.39, 0.29) is 22.6 Å². The second-order valence-electron chi connectivity index (χ2n) is 13.8. The zero-order valence-electron chi connectivity index (χ0n) is 24.2. The lowest BCUT2D eigenvalue weighted by atomic mass is 9.63. The van der Waals surface area contributed by atoms with Crippen molar-refractivity contribution in [1.82, 2.24) is 9.29 Å². The van der Waals surface area contributed by atoms with Gasteiger partial charge in [-0.25, -0.2) is 17.7 Å². The van der Waals surface area contributed by atoms with Crippen LogP contribution in [0.2, 0.25) is 0 Å². The molecule has 226 valence electrons. The number of aryl methyl sites for hydroxylation is 1. The molecule has 7 rings (SSSR count). The van der Waals surface area contributed by atoms with Crippen LogP contribution in [-0.2, 0) is 20.0 Å². The van der Waals surface area contributed by atoms with Crippen molar-refractivity contribution >= 4 is 63.3 Å². The number of fused-ring (bicyclic) bond motifs is 2. The molecule has 3 heterocycles. The highest BCUT2D eigenvalue weighted by Gasteiger charge is 2.61. The summed E-state index contributed by atoms with van der Waals surface area (Å²) in [6.45, 7) is 5.86. The summed E-state index contributed by atoms with van der Waals surface area (Å²) >= 11 is 2.32. The fourth-order valence-corrected chi connectivity index (χ4v) is 11.6. The number of aliphatic hydroxyl groups is 1. The van der Waals surface area contributed by atoms with Crippen LogP contribution in [0.5, 0.6) is 0 Å². The van der Waals surface area contributed by atoms with Crippen LogP contribution >= 0.6 is 30.3 Å². The molecule has 11 heteroatoms. The largest absolute Gasteiger partial charge is 0.390 e. The number of pyridine rings is 1. The zero-order valence-corrected chi connectivity index (χ0v) is 28.0. The quantitative estimate of drug-likeness (QED) is 0.268. The van der Waals surface area contributed by atoms with E-state index in [1.54, 1.807) is 21.3 Å². The molecule has 2 atom stereocenters. The van der Waals surface area contributed by atoms with Gasteiger partial charge in [0.25, 0.3) is 0 Å². The summed E-state index contributed by atoms with van der Waals surface area (Å²) in [5.74, 6) is 0.777. The van der Waals surface area contributed by atoms with Gasteiger partial charge in [0.2, 0.25) is 5.91 Å². The van der Waals surface area contributed by atoms with Crippen LogP contribution in [0, 0.1) is 12.3 Å². The lowest BCUT2D eigenvalue weighted by molar-refractivity contribution is -0.121. The number of rotatable bonds is 6. The Kier molecular flexibility index (Phi) is 7.20. The molecule has 3 saturated carbocycles. The van der Waals surface area contributed by atoms with E-state index < -0.39 is 20.9 Å². The summed E-state index contributed by atoms with van der Waals surface area (Å²) in [6.07, 6.45) is 10.3. The molecule has 1 saturated heterocycles. The van der Waals surface area contributed by atoms with Crippen molar-refractivity contribution in [2.75, 3.05) is 23.3 Å². The number of nitrogens with one attached hydrogen (secondary N) is 1. The maximum Gasteiger partial charge on any atom is 0.238 e. The van der Waals surface area contributed by atoms with Gasteiger partial charge in [0.15, 0.2) is 9.84 Å². The predicted molar refractivity (Wildman–Crippen MR) is 175 cm³/mol. The zero-order chi connectivity index (χ0) is 29.5. The molecule has 2 N–H and O–H groups in total. The van der Waals surface area contributed by atoms with Crippen LogP contribution in [0.4, 0.5) is 17.2 Å². The SMILES string of the molecule is Cc1cc(S(=O)(=O)C2CC3(CCN(SI)CC3)C2)ccc1Nc1cc2c(cn1)C1(CC1)C(=O)N2[C@@H]1CCC[C@@](C)(O)C1. The molecule has 5 aliphatic rings. The van der Waals surface area contributed by atoms with Crippen molar-refractivity contribution in [3.05, 3.63) is 41.6 Å². The number of amides is 1. The summed E-state index contributed by atoms with van der Waals surface area (Å²) in [4.78, 5) is 20.7. The topological polar surface area (TPSA) is 103 Å². The molecule has 2 aromatic rings. The summed E-state index contributed by atoms with van der Waals surface area (Å²) in [5, 5.41) is 13.9. The van der Waals surface area contributed by atoms with Crippen molar-refractivity contribution in [2.45, 2.75) is 105 Å². The number of piperidine rings is 1. The molecule has 1 aromatic carbocycles. The molecule has 0 unspecified atom stereocenters. The maximum absolute atomic E-state index is 13.7. The van der Waals surface area contributed by atoms with Gasteiger partial charge in [0.05, 0.1) is 26.8 Å². The average Bonchev–Trinajstić information content (AvgIpc) is 3.70. The van der Waals surface area contributed by atoms with E-state index in [1.165, 1.54) is 0 Å². The van der Waals surface area contributed by atoms with Crippen LogP contribution < -0.4 is 10.2 Å². The number of benzene rings is 1. The number of hydrogen-bond donors (Lipinski definition) is 2. The Morgan fingerprint density at radius 2 is 1.83 bits per heavy atom. The highest BCUT2D eigenvalue weighted by atomic mass is 127. The first-order valence-electron chi connectivity index (χ1n) is 15.2. The summed E-state index contributed by atoms with van der Waals surface area (Å²) in [5.41, 5.74) is 2.53. The Hall–Kier alpha value is -1.41. The van der Waals surface area contributed by atoms with Gasteiger partial charge in [-0.15, -0.1) is 0 Å². The molecule has 0 bridgehead atoms. The summed E-state index contributed by atoms with van der Waals surface area (Å²) in [6, 6.07) is 7.28. The van der Waals surface area contributed by atoms with E-state index in [1.807, 2.05) is 37.1 Å². The van der Waals surface area contributed by atoms with E-state index in [0.717, 1.165) is 93.4 Å². The number of halogens is 1. The lowest BCUT2D eigenvalue weighted by Crippen LogP contribution is -2.50. The van der Waals surface area contributed by atoms with Crippen LogP contribution in [0.3, 0.4) is 0 Å². The standard InChI is InChI=1S/C31H39IN4O4S2/c1-20-14-22(42(39,40)23-17-30(18-23)10-12-35(41-32)13-11-30)5-6-25(20)34-27-15-26-24(19-33-27)31(8-9-31)28(37)36(26)21-4-3-7-29(2,38)16-21/h5-6,14-15,19,21,23,38H,3-4,7-13,16-18H2,1-2H3,(H,33,34)/t21-,29-/m1/s1. The van der Waals surface area contributed by atoms with Gasteiger partial charge in [0, 0.05) is 63.9 Å². The smallest absolute Gasteiger partial charge is 0.238 e. The van der Waals surface area contributed by atoms with Gasteiger partial charge < -0.3 is 15.3 Å². The van der Waals surface area contributed by atoms with Gasteiger partial charge in [-0.1, -0.05) is 0 Å². The first-order chi connectivity index (χ1) is 20.0. The molecule has 8 nitrogen and oxygen atoms in total. The number of carbonyl (C=O) groups excluding carboxylic acids is 1. The van der Waals surface area contributed by atoms with Crippen LogP contribution in [0.15, 0.2) is 35.4 Å². The van der Waals surface area contributed by atoms with E-state index in [9.17, 15) is 18.3 Å². The number of anilines is 3. The third-order valence-electron chi connectivity index (χ3n) is 10.8. The minimum absolute atomic E-state index is 0.0233. The molecule has 3 aliphatic carbocycles. The van der Waals surface area contributed by atoms with E-state index in [2.05, 4.69) is 35.8 Å². The number of hydrogen-bond acceptors (Lipinski definition) is 8. The fourth-order valence-electron chi connectivity index (χ4n) is 8.00. The van der Waals surface area contributed by atoms with Crippen molar-refractivity contribution < 1.29 is 18.3 Å². The van der Waals surface area contributed by atoms with Crippen LogP contribution in [0.25, 0.3) is 0 Å². The molecular formula is C31H39IN4O4S2. The maximum atomic E-state index is 13.7. The van der Waals surface area contributed by atoms with Gasteiger partial charge in [0.1, 0.15) is 5.82 Å². The van der Waals surface area contributed by atoms with Gasteiger partial charge >= 0.3 is 0 Å². The van der Waals surface area contributed by atoms with E-state index >= 15 is 0 Å². The Bertz CT molecular complexity index is 1530. The normalized spacial score (nSPS) is 28.6. The lowest BCUT2D eigenvalue weighted by Gasteiger charge is -2.51. The minimum atomic E-state index is -3.39. The summed E-state index contributed by atoms with van der Waals surface area (Å²) in [7, 11) is -1.64. The van der Waals surface area contributed by atoms with E-state index in [4.69, 9.17) is 0 Å². The van der Waals surface area contributed by atoms with E-state index in [0.29, 0.717) is 17.1 Å². The Morgan fingerprint density at radius 1 is 1.10 bits per heavy atom. The first kappa shape index (κ1) is 29.3. The Labute approximate surface area is 265 Å². The Morgan fingerprint density at radius 3 is 2.48 bits per heavy atom. The van der Waals surface area contributed by atoms with Crippen molar-refractivity contribution in [1.29, 1.82) is 0 Å². The third-order valence-corrected chi connectivity index (χ3v) is 15.1. The Balaban J connectivity index is 1.08. The molecule has 1 amide bonds. The first-order valence-corrected chi connectivity index (χ1v) is 20.0. The molecule has 2 aliphatic heterocycles. The monoisotopic (exact) mass is 722 g/mol. The third kappa shape index (κ3) is 4.89. The number of aromatic nitrogens is 1. The number of sulfone groups is 1. The highest BCUT2D eigenvalue weighted by molar-refractivity contribution is 14.2. The fraction of sp³-hybridized carbons (Fsp3) is 0.613. The van der Waals surface area contributed by atoms with Crippen molar-refractivity contribution in [3.8, 4) is 0 Å². The van der Waals surface area contributed by atoms with Gasteiger partial charge in [-0.05, 0) is 116 Å². The predicted octanol–water partition coefficient (Wildman–Crippen LogP) is 6.22. The highest BCUT2D eigenvalue weighted by Crippen LogP contribution is 2.59. The molecule has 4 fully saturated rings. The molecule has 1 aromatic heterocycles. The average molecular weight is 723 g/mol. The minimum Gasteiger partial charge on any atom is -0.390 e. The summed E-state index contributed by atoms with van der Waals surface area (Å²) < 4.78 is 29.4. The molecular weight excluding hydrogens is 683 g/mol. The number of nitrogens with zero attached hydrogens (tertiary/aromatic N) is 3. The molecule has 42 heavy (non-hydrogen) atoms. The van der Waals surface area contributed by atoms with Gasteiger partial charge in [-0.2, -0.15) is 0 Å². The second kappa shape index (κ2) is 10.3. The molecule has 0 radical (unpaired) electrons. The van der Waals surface area contributed by atoms with Crippen LogP contribution in [-0.4, -0.2) is 58.7 Å². The molecule has 2 spiro atoms. The van der Waals surface area contributed by atoms with Crippen molar-refractivity contribution in [3.63, 3.8) is 0 Å². The van der Waals surface area contributed by atoms with Crippen LogP contribution in [0.1, 0.15) is 82.3 Å². The van der Waals surface area contributed by atoms with Gasteiger partial charge in [-0.3, -0.25) is 4.79 Å².